The van der Waals surface area contributed by atoms with Gasteiger partial charge in [-0.05, 0) is 73.6 Å². The molecule has 5 rings (SSSR count). The minimum absolute atomic E-state index is 0.00461. The molecule has 1 saturated heterocycles. The van der Waals surface area contributed by atoms with Crippen molar-refractivity contribution in [3.63, 3.8) is 0 Å². The van der Waals surface area contributed by atoms with Crippen molar-refractivity contribution >= 4 is 23.2 Å². The van der Waals surface area contributed by atoms with Gasteiger partial charge in [-0.2, -0.15) is 0 Å². The number of hydrogen-bond acceptors (Lipinski definition) is 7. The fraction of sp³-hybridized carbons (Fsp3) is 0.419. The maximum absolute atomic E-state index is 14.0. The number of carbonyl (C=O) groups excluding carboxylic acids is 2. The number of likely N-dealkylation sites (tertiary alicyclic amines) is 1. The molecule has 40 heavy (non-hydrogen) atoms. The van der Waals surface area contributed by atoms with Gasteiger partial charge in [0.1, 0.15) is 18.9 Å². The monoisotopic (exact) mass is 563 g/mol. The summed E-state index contributed by atoms with van der Waals surface area (Å²) in [5.74, 6) is 1.51. The van der Waals surface area contributed by atoms with Gasteiger partial charge in [-0.3, -0.25) is 9.59 Å². The topological polar surface area (TPSA) is 71.6 Å². The Bertz CT molecular complexity index is 1310. The van der Waals surface area contributed by atoms with E-state index in [0.717, 1.165) is 31.6 Å². The van der Waals surface area contributed by atoms with Gasteiger partial charge in [0.2, 0.25) is 5.91 Å². The molecule has 9 heteroatoms. The lowest BCUT2D eigenvalue weighted by molar-refractivity contribution is -0.135. The van der Waals surface area contributed by atoms with Crippen LogP contribution in [-0.4, -0.2) is 86.6 Å². The highest BCUT2D eigenvalue weighted by atomic mass is 32.1. The molecule has 0 saturated carbocycles. The highest BCUT2D eigenvalue weighted by Gasteiger charge is 2.34. The summed E-state index contributed by atoms with van der Waals surface area (Å²) in [5.41, 5.74) is 1.58. The standard InChI is InChI=1S/C31H37N3O5S/c1-37-26-10-4-3-9-24(26)31(36)33(19-18-32-15-7-8-16-32)21-30(35)34-17-13-29-23(14-20-40-29)25(34)22-39-28-12-6-5-11-27(28)38-2/h3-6,9-12,14,20,25H,7-8,13,15-19,21-22H2,1-2H3/t25-/m1/s1. The maximum Gasteiger partial charge on any atom is 0.258 e. The first kappa shape index (κ1) is 28.0. The van der Waals surface area contributed by atoms with E-state index in [0.29, 0.717) is 42.5 Å². The molecule has 0 N–H and O–H groups in total. The molecule has 0 spiro atoms. The fourth-order valence-electron chi connectivity index (χ4n) is 5.55. The lowest BCUT2D eigenvalue weighted by Crippen LogP contribution is -2.49. The Labute approximate surface area is 240 Å². The van der Waals surface area contributed by atoms with Crippen molar-refractivity contribution in [1.29, 1.82) is 0 Å². The van der Waals surface area contributed by atoms with Crippen LogP contribution >= 0.6 is 11.3 Å². The molecular formula is C31H37N3O5S. The number of para-hydroxylation sites is 3. The number of thiophene rings is 1. The molecule has 0 radical (unpaired) electrons. The third kappa shape index (κ3) is 6.26. The number of fused-ring (bicyclic) bond motifs is 1. The van der Waals surface area contributed by atoms with Crippen molar-refractivity contribution in [1.82, 2.24) is 14.7 Å². The predicted molar refractivity (Wildman–Crippen MR) is 156 cm³/mol. The van der Waals surface area contributed by atoms with Crippen LogP contribution in [0.2, 0.25) is 0 Å². The van der Waals surface area contributed by atoms with Crippen LogP contribution in [0.4, 0.5) is 0 Å². The number of methoxy groups -OCH3 is 2. The van der Waals surface area contributed by atoms with Gasteiger partial charge in [0.15, 0.2) is 11.5 Å². The molecule has 0 unspecified atom stereocenters. The second-order valence-corrected chi connectivity index (χ2v) is 11.1. The van der Waals surface area contributed by atoms with Gasteiger partial charge in [-0.25, -0.2) is 0 Å². The molecule has 212 valence electrons. The fourth-order valence-corrected chi connectivity index (χ4v) is 6.48. The Hall–Kier alpha value is -3.56. The third-order valence-electron chi connectivity index (χ3n) is 7.72. The summed E-state index contributed by atoms with van der Waals surface area (Å²) < 4.78 is 17.2. The molecule has 2 aliphatic rings. The van der Waals surface area contributed by atoms with Crippen LogP contribution in [0.15, 0.2) is 60.0 Å². The maximum atomic E-state index is 14.0. The van der Waals surface area contributed by atoms with E-state index in [9.17, 15) is 9.59 Å². The largest absolute Gasteiger partial charge is 0.496 e. The van der Waals surface area contributed by atoms with Crippen molar-refractivity contribution in [3.05, 3.63) is 76.0 Å². The van der Waals surface area contributed by atoms with Gasteiger partial charge in [0.05, 0.1) is 25.8 Å². The summed E-state index contributed by atoms with van der Waals surface area (Å²) in [7, 11) is 3.18. The second-order valence-electron chi connectivity index (χ2n) is 10.1. The molecule has 2 amide bonds. The van der Waals surface area contributed by atoms with Crippen LogP contribution < -0.4 is 14.2 Å². The number of carbonyl (C=O) groups is 2. The second kappa shape index (κ2) is 13.2. The minimum Gasteiger partial charge on any atom is -0.496 e. The van der Waals surface area contributed by atoms with Crippen LogP contribution in [0.25, 0.3) is 0 Å². The molecule has 0 bridgehead atoms. The third-order valence-corrected chi connectivity index (χ3v) is 8.71. The summed E-state index contributed by atoms with van der Waals surface area (Å²) in [6.45, 7) is 4.14. The molecule has 0 aliphatic carbocycles. The predicted octanol–water partition coefficient (Wildman–Crippen LogP) is 4.51. The SMILES string of the molecule is COc1ccccc1OC[C@@H]1c2ccsc2CCN1C(=O)CN(CCN1CCCC1)C(=O)c1ccccc1OC. The summed E-state index contributed by atoms with van der Waals surface area (Å²) in [6.07, 6.45) is 3.13. The number of amides is 2. The Morgan fingerprint density at radius 1 is 0.925 bits per heavy atom. The van der Waals surface area contributed by atoms with E-state index in [1.54, 1.807) is 42.6 Å². The Morgan fingerprint density at radius 2 is 1.62 bits per heavy atom. The van der Waals surface area contributed by atoms with Crippen molar-refractivity contribution < 1.29 is 23.8 Å². The van der Waals surface area contributed by atoms with E-state index in [2.05, 4.69) is 16.3 Å². The zero-order chi connectivity index (χ0) is 27.9. The van der Waals surface area contributed by atoms with E-state index >= 15 is 0 Å². The first-order chi connectivity index (χ1) is 19.6. The quantitative estimate of drug-likeness (QED) is 0.342. The number of benzene rings is 2. The Balaban J connectivity index is 1.36. The number of ether oxygens (including phenoxy) is 3. The first-order valence-corrected chi connectivity index (χ1v) is 14.7. The zero-order valence-electron chi connectivity index (χ0n) is 23.2. The van der Waals surface area contributed by atoms with E-state index < -0.39 is 0 Å². The highest BCUT2D eigenvalue weighted by molar-refractivity contribution is 7.10. The molecule has 1 aromatic heterocycles. The Morgan fingerprint density at radius 3 is 2.38 bits per heavy atom. The summed E-state index contributed by atoms with van der Waals surface area (Å²) in [4.78, 5) is 35.0. The van der Waals surface area contributed by atoms with E-state index in [1.165, 1.54) is 17.7 Å². The molecule has 8 nitrogen and oxygen atoms in total. The normalized spacial score (nSPS) is 16.9. The minimum atomic E-state index is -0.255. The molecule has 1 fully saturated rings. The summed E-state index contributed by atoms with van der Waals surface area (Å²) in [5, 5.41) is 2.07. The van der Waals surface area contributed by atoms with Gasteiger partial charge < -0.3 is 28.9 Å². The van der Waals surface area contributed by atoms with Gasteiger partial charge in [0.25, 0.3) is 5.91 Å². The van der Waals surface area contributed by atoms with Gasteiger partial charge in [0, 0.05) is 24.5 Å². The molecule has 1 atom stereocenters. The van der Waals surface area contributed by atoms with Crippen LogP contribution in [0.5, 0.6) is 17.2 Å². The van der Waals surface area contributed by atoms with Crippen molar-refractivity contribution in [2.45, 2.75) is 25.3 Å². The van der Waals surface area contributed by atoms with E-state index in [-0.39, 0.29) is 24.4 Å². The van der Waals surface area contributed by atoms with Gasteiger partial charge >= 0.3 is 0 Å². The molecule has 2 aliphatic heterocycles. The summed E-state index contributed by atoms with van der Waals surface area (Å²) in [6, 6.07) is 16.6. The van der Waals surface area contributed by atoms with Crippen LogP contribution in [0.3, 0.4) is 0 Å². The van der Waals surface area contributed by atoms with E-state index in [4.69, 9.17) is 14.2 Å². The smallest absolute Gasteiger partial charge is 0.258 e. The van der Waals surface area contributed by atoms with Crippen molar-refractivity contribution in [2.75, 3.05) is 60.1 Å². The molecule has 3 aromatic rings. The molecule has 3 heterocycles. The number of nitrogens with zero attached hydrogens (tertiary/aromatic N) is 3. The lowest BCUT2D eigenvalue weighted by atomic mass is 10.0. The Kier molecular flexibility index (Phi) is 9.23. The highest BCUT2D eigenvalue weighted by Crippen LogP contribution is 2.35. The average Bonchev–Trinajstić information content (AvgIpc) is 3.70. The van der Waals surface area contributed by atoms with Crippen LogP contribution in [0, 0.1) is 0 Å². The van der Waals surface area contributed by atoms with Crippen LogP contribution in [0.1, 0.15) is 39.7 Å². The van der Waals surface area contributed by atoms with Gasteiger partial charge in [-0.15, -0.1) is 11.3 Å². The number of rotatable bonds is 11. The number of hydrogen-bond donors (Lipinski definition) is 0. The molecular weight excluding hydrogens is 526 g/mol. The lowest BCUT2D eigenvalue weighted by Gasteiger charge is -2.37. The van der Waals surface area contributed by atoms with E-state index in [1.807, 2.05) is 41.3 Å². The molecule has 2 aromatic carbocycles. The first-order valence-electron chi connectivity index (χ1n) is 13.8. The van der Waals surface area contributed by atoms with Gasteiger partial charge in [-0.1, -0.05) is 24.3 Å². The summed E-state index contributed by atoms with van der Waals surface area (Å²) >= 11 is 1.71. The van der Waals surface area contributed by atoms with Crippen molar-refractivity contribution in [2.24, 2.45) is 0 Å². The zero-order valence-corrected chi connectivity index (χ0v) is 24.0. The van der Waals surface area contributed by atoms with Crippen molar-refractivity contribution in [3.8, 4) is 17.2 Å². The average molecular weight is 564 g/mol. The van der Waals surface area contributed by atoms with Crippen LogP contribution in [-0.2, 0) is 11.2 Å².